The normalized spacial score (nSPS) is 12.7. The molecule has 2 rings (SSSR count). The van der Waals surface area contributed by atoms with Crippen molar-refractivity contribution in [1.29, 1.82) is 0 Å². The molecule has 2 aromatic carbocycles. The molecule has 0 radical (unpaired) electrons. The fourth-order valence-corrected chi connectivity index (χ4v) is 2.64. The van der Waals surface area contributed by atoms with Crippen molar-refractivity contribution in [3.63, 3.8) is 0 Å². The smallest absolute Gasteiger partial charge is 0.407 e. The molecule has 0 aliphatic rings. The van der Waals surface area contributed by atoms with E-state index in [1.54, 1.807) is 0 Å². The molecule has 4 heteroatoms. The molecule has 4 nitrogen and oxygen atoms in total. The van der Waals surface area contributed by atoms with E-state index in [1.165, 1.54) is 0 Å². The van der Waals surface area contributed by atoms with E-state index in [4.69, 9.17) is 10.5 Å². The van der Waals surface area contributed by atoms with Gasteiger partial charge in [0, 0.05) is 18.5 Å². The van der Waals surface area contributed by atoms with Gasteiger partial charge in [-0.15, -0.1) is 0 Å². The molecule has 1 unspecified atom stereocenters. The van der Waals surface area contributed by atoms with Crippen LogP contribution in [-0.2, 0) is 4.74 Å². The van der Waals surface area contributed by atoms with Crippen LogP contribution in [0.3, 0.4) is 0 Å². The van der Waals surface area contributed by atoms with Gasteiger partial charge in [0.1, 0.15) is 5.60 Å². The van der Waals surface area contributed by atoms with Gasteiger partial charge >= 0.3 is 6.09 Å². The minimum Gasteiger partial charge on any atom is -0.444 e. The Labute approximate surface area is 144 Å². The van der Waals surface area contributed by atoms with E-state index in [2.05, 4.69) is 29.6 Å². The number of carbonyl (C=O) groups excluding carboxylic acids is 1. The minimum absolute atomic E-state index is 0.00216. The quantitative estimate of drug-likeness (QED) is 0.881. The number of rotatable bonds is 5. The Bertz CT molecular complexity index is 596. The minimum atomic E-state index is -0.521. The van der Waals surface area contributed by atoms with Crippen LogP contribution in [0.4, 0.5) is 4.79 Å². The van der Waals surface area contributed by atoms with Crippen LogP contribution in [0.1, 0.15) is 37.8 Å². The predicted octanol–water partition coefficient (Wildman–Crippen LogP) is 3.67. The lowest BCUT2D eigenvalue weighted by Gasteiger charge is -2.26. The summed E-state index contributed by atoms with van der Waals surface area (Å²) in [6.45, 7) is 5.85. The van der Waals surface area contributed by atoms with Crippen molar-refractivity contribution in [2.24, 2.45) is 5.73 Å². The summed E-state index contributed by atoms with van der Waals surface area (Å²) < 4.78 is 5.27. The summed E-state index contributed by atoms with van der Waals surface area (Å²) in [5, 5.41) is 2.77. The van der Waals surface area contributed by atoms with E-state index < -0.39 is 11.7 Å². The first kappa shape index (κ1) is 18.0. The summed E-state index contributed by atoms with van der Waals surface area (Å²) in [5.41, 5.74) is 8.16. The summed E-state index contributed by atoms with van der Waals surface area (Å²) in [6, 6.07) is 19.9. The van der Waals surface area contributed by atoms with E-state index in [0.717, 1.165) is 11.1 Å². The topological polar surface area (TPSA) is 64.3 Å². The molecule has 0 bridgehead atoms. The van der Waals surface area contributed by atoms with Crippen LogP contribution >= 0.6 is 0 Å². The molecule has 128 valence electrons. The molecule has 1 amide bonds. The van der Waals surface area contributed by atoms with E-state index in [9.17, 15) is 4.79 Å². The zero-order valence-corrected chi connectivity index (χ0v) is 14.5. The Balaban J connectivity index is 2.12. The molecule has 0 saturated carbocycles. The molecule has 0 aliphatic carbocycles. The third-order valence-electron chi connectivity index (χ3n) is 3.63. The number of benzene rings is 2. The highest BCUT2D eigenvalue weighted by atomic mass is 16.6. The molecule has 24 heavy (non-hydrogen) atoms. The van der Waals surface area contributed by atoms with Crippen molar-refractivity contribution < 1.29 is 9.53 Å². The Morgan fingerprint density at radius 1 is 1.00 bits per heavy atom. The number of carbonyl (C=O) groups is 1. The zero-order chi connectivity index (χ0) is 17.6. The fraction of sp³-hybridized carbons (Fsp3) is 0.350. The van der Waals surface area contributed by atoms with Gasteiger partial charge in [-0.1, -0.05) is 60.7 Å². The van der Waals surface area contributed by atoms with E-state index in [1.807, 2.05) is 57.2 Å². The summed E-state index contributed by atoms with van der Waals surface area (Å²) in [5.74, 6) is 0.00216. The lowest BCUT2D eigenvalue weighted by atomic mass is 9.85. The molecular weight excluding hydrogens is 300 g/mol. The van der Waals surface area contributed by atoms with Gasteiger partial charge in [0.15, 0.2) is 0 Å². The number of hydrogen-bond acceptors (Lipinski definition) is 3. The highest BCUT2D eigenvalue weighted by molar-refractivity contribution is 5.67. The first-order valence-electron chi connectivity index (χ1n) is 8.19. The molecule has 0 heterocycles. The van der Waals surface area contributed by atoms with Crippen LogP contribution in [0.5, 0.6) is 0 Å². The largest absolute Gasteiger partial charge is 0.444 e. The van der Waals surface area contributed by atoms with Gasteiger partial charge in [-0.2, -0.15) is 0 Å². The second-order valence-electron chi connectivity index (χ2n) is 6.85. The van der Waals surface area contributed by atoms with E-state index in [-0.39, 0.29) is 12.0 Å². The number of alkyl carbamates (subject to hydrolysis) is 1. The predicted molar refractivity (Wildman–Crippen MR) is 96.9 cm³/mol. The molecule has 0 spiro atoms. The molecule has 0 fully saturated rings. The maximum absolute atomic E-state index is 11.9. The Kier molecular flexibility index (Phi) is 5.99. The van der Waals surface area contributed by atoms with Crippen molar-refractivity contribution in [1.82, 2.24) is 5.32 Å². The van der Waals surface area contributed by atoms with Gasteiger partial charge < -0.3 is 15.8 Å². The molecule has 0 aliphatic heterocycles. The highest BCUT2D eigenvalue weighted by Gasteiger charge is 2.23. The maximum Gasteiger partial charge on any atom is 0.407 e. The number of ether oxygens (including phenoxy) is 1. The van der Waals surface area contributed by atoms with Crippen LogP contribution in [-0.4, -0.2) is 24.3 Å². The molecule has 0 aromatic heterocycles. The van der Waals surface area contributed by atoms with Gasteiger partial charge in [0.05, 0.1) is 0 Å². The van der Waals surface area contributed by atoms with Crippen LogP contribution < -0.4 is 11.1 Å². The van der Waals surface area contributed by atoms with Crippen molar-refractivity contribution >= 4 is 6.09 Å². The van der Waals surface area contributed by atoms with Crippen molar-refractivity contribution in [2.75, 3.05) is 6.54 Å². The molecule has 3 N–H and O–H groups in total. The number of amides is 1. The first-order valence-corrected chi connectivity index (χ1v) is 8.19. The number of nitrogens with one attached hydrogen (secondary N) is 1. The molecule has 1 atom stereocenters. The number of nitrogens with two attached hydrogens (primary N) is 1. The van der Waals surface area contributed by atoms with Gasteiger partial charge in [0.25, 0.3) is 0 Å². The Hall–Kier alpha value is -2.33. The van der Waals surface area contributed by atoms with Crippen LogP contribution in [0, 0.1) is 0 Å². The zero-order valence-electron chi connectivity index (χ0n) is 14.5. The second kappa shape index (κ2) is 7.97. The standard InChI is InChI=1S/C20H26N2O2/c1-20(2,3)24-19(23)22-14-17(21)18(15-10-6-4-7-11-15)16-12-8-5-9-13-16/h4-13,17-18H,14,21H2,1-3H3,(H,22,23). The fourth-order valence-electron chi connectivity index (χ4n) is 2.64. The average molecular weight is 326 g/mol. The van der Waals surface area contributed by atoms with E-state index in [0.29, 0.717) is 6.54 Å². The third kappa shape index (κ3) is 5.39. The second-order valence-corrected chi connectivity index (χ2v) is 6.85. The van der Waals surface area contributed by atoms with E-state index >= 15 is 0 Å². The SMILES string of the molecule is CC(C)(C)OC(=O)NCC(N)C(c1ccccc1)c1ccccc1. The van der Waals surface area contributed by atoms with Crippen molar-refractivity contribution in [3.05, 3.63) is 71.8 Å². The van der Waals surface area contributed by atoms with Crippen LogP contribution in [0.15, 0.2) is 60.7 Å². The summed E-state index contributed by atoms with van der Waals surface area (Å²) in [4.78, 5) is 11.9. The Morgan fingerprint density at radius 2 is 1.46 bits per heavy atom. The maximum atomic E-state index is 11.9. The van der Waals surface area contributed by atoms with Gasteiger partial charge in [-0.05, 0) is 31.9 Å². The monoisotopic (exact) mass is 326 g/mol. The highest BCUT2D eigenvalue weighted by Crippen LogP contribution is 2.26. The third-order valence-corrected chi connectivity index (χ3v) is 3.63. The Morgan fingerprint density at radius 3 is 1.88 bits per heavy atom. The van der Waals surface area contributed by atoms with Crippen LogP contribution in [0.25, 0.3) is 0 Å². The lowest BCUT2D eigenvalue weighted by molar-refractivity contribution is 0.0523. The average Bonchev–Trinajstić information content (AvgIpc) is 2.54. The summed E-state index contributed by atoms with van der Waals surface area (Å²) in [7, 11) is 0. The van der Waals surface area contributed by atoms with Gasteiger partial charge in [-0.3, -0.25) is 0 Å². The molecule has 0 saturated heterocycles. The summed E-state index contributed by atoms with van der Waals surface area (Å²) in [6.07, 6.45) is -0.446. The number of hydrogen-bond donors (Lipinski definition) is 2. The summed E-state index contributed by atoms with van der Waals surface area (Å²) >= 11 is 0. The molecule has 2 aromatic rings. The first-order chi connectivity index (χ1) is 11.4. The van der Waals surface area contributed by atoms with Crippen LogP contribution in [0.2, 0.25) is 0 Å². The van der Waals surface area contributed by atoms with Gasteiger partial charge in [0.2, 0.25) is 0 Å². The lowest BCUT2D eigenvalue weighted by Crippen LogP contribution is -2.43. The van der Waals surface area contributed by atoms with Crippen molar-refractivity contribution in [2.45, 2.75) is 38.3 Å². The molecular formula is C20H26N2O2. The van der Waals surface area contributed by atoms with Gasteiger partial charge in [-0.25, -0.2) is 4.79 Å². The van der Waals surface area contributed by atoms with Crippen molar-refractivity contribution in [3.8, 4) is 0 Å².